The molecule has 31 heavy (non-hydrogen) atoms. The molecule has 0 radical (unpaired) electrons. The molecule has 160 valence electrons. The van der Waals surface area contributed by atoms with E-state index in [0.29, 0.717) is 34.6 Å². The number of nitrogens with one attached hydrogen (secondary N) is 1. The topological polar surface area (TPSA) is 104 Å². The van der Waals surface area contributed by atoms with E-state index >= 15 is 0 Å². The molecule has 0 spiro atoms. The Hall–Kier alpha value is -3.41. The number of anilines is 2. The minimum Gasteiger partial charge on any atom is -0.383 e. The second-order valence-corrected chi connectivity index (χ2v) is 7.83. The first-order valence-electron chi connectivity index (χ1n) is 10.0. The maximum atomic E-state index is 13.4. The number of fused-ring (bicyclic) bond motifs is 1. The summed E-state index contributed by atoms with van der Waals surface area (Å²) in [5.41, 5.74) is 9.31. The van der Waals surface area contributed by atoms with Gasteiger partial charge in [-0.05, 0) is 43.4 Å². The van der Waals surface area contributed by atoms with Gasteiger partial charge in [-0.2, -0.15) is 0 Å². The van der Waals surface area contributed by atoms with E-state index in [4.69, 9.17) is 15.2 Å². The van der Waals surface area contributed by atoms with Gasteiger partial charge in [0.05, 0.1) is 17.6 Å². The first kappa shape index (κ1) is 20.8. The van der Waals surface area contributed by atoms with Gasteiger partial charge in [0.15, 0.2) is 0 Å². The van der Waals surface area contributed by atoms with Crippen LogP contribution in [0.15, 0.2) is 30.6 Å². The van der Waals surface area contributed by atoms with Crippen molar-refractivity contribution in [3.8, 4) is 11.8 Å². The van der Waals surface area contributed by atoms with Gasteiger partial charge >= 0.3 is 0 Å². The Balaban J connectivity index is 1.83. The van der Waals surface area contributed by atoms with Gasteiger partial charge in [-0.3, -0.25) is 4.79 Å². The zero-order valence-corrected chi connectivity index (χ0v) is 17.9. The van der Waals surface area contributed by atoms with E-state index < -0.39 is 0 Å². The highest BCUT2D eigenvalue weighted by atomic mass is 16.5. The molecule has 0 saturated heterocycles. The van der Waals surface area contributed by atoms with Crippen LogP contribution in [-0.2, 0) is 21.6 Å². The van der Waals surface area contributed by atoms with Crippen LogP contribution in [0, 0.1) is 11.8 Å². The van der Waals surface area contributed by atoms with Crippen molar-refractivity contribution in [3.05, 3.63) is 47.4 Å². The zero-order chi connectivity index (χ0) is 22.0. The molecule has 8 nitrogen and oxygen atoms in total. The van der Waals surface area contributed by atoms with Crippen molar-refractivity contribution in [2.75, 3.05) is 31.9 Å². The normalized spacial score (nSPS) is 14.2. The van der Waals surface area contributed by atoms with E-state index in [-0.39, 0.29) is 23.9 Å². The molecular weight excluding hydrogens is 394 g/mol. The molecule has 2 aromatic heterocycles. The second-order valence-electron chi connectivity index (χ2n) is 7.83. The highest BCUT2D eigenvalue weighted by Gasteiger charge is 2.43. The number of rotatable bonds is 6. The lowest BCUT2D eigenvalue weighted by molar-refractivity contribution is 0.102. The lowest BCUT2D eigenvalue weighted by atomic mass is 10.1. The van der Waals surface area contributed by atoms with Gasteiger partial charge in [0.25, 0.3) is 5.91 Å². The lowest BCUT2D eigenvalue weighted by Crippen LogP contribution is -2.18. The Morgan fingerprint density at radius 3 is 2.61 bits per heavy atom. The van der Waals surface area contributed by atoms with Crippen LogP contribution < -0.4 is 11.1 Å². The van der Waals surface area contributed by atoms with Gasteiger partial charge in [0, 0.05) is 25.4 Å². The molecule has 4 rings (SSSR count). The molecule has 0 atom stereocenters. The molecule has 3 aromatic rings. The lowest BCUT2D eigenvalue weighted by Gasteiger charge is -2.14. The number of benzene rings is 1. The van der Waals surface area contributed by atoms with Gasteiger partial charge < -0.3 is 25.1 Å². The Labute approximate surface area is 180 Å². The van der Waals surface area contributed by atoms with Gasteiger partial charge in [0.2, 0.25) is 0 Å². The van der Waals surface area contributed by atoms with Crippen molar-refractivity contribution in [1.82, 2.24) is 14.5 Å². The molecule has 0 unspecified atom stereocenters. The minimum atomic E-state index is -0.310. The largest absolute Gasteiger partial charge is 0.383 e. The van der Waals surface area contributed by atoms with Gasteiger partial charge in [-0.15, -0.1) is 0 Å². The standard InChI is InChI=1S/C23H25N5O3/c1-23(10-11-23)28-17(5-4-12-30-2)18(19-20(24)25-14-26-21(19)28)22(29)27-16-8-6-15(7-9-16)13-31-3/h6-9,14H,10-13H2,1-3H3,(H,27,29)(H2,24,25,26). The van der Waals surface area contributed by atoms with E-state index in [2.05, 4.69) is 34.0 Å². The summed E-state index contributed by atoms with van der Waals surface area (Å²) in [6.45, 7) is 2.89. The molecule has 3 N–H and O–H groups in total. The van der Waals surface area contributed by atoms with E-state index in [1.54, 1.807) is 14.2 Å². The average Bonchev–Trinajstić information content (AvgIpc) is 3.39. The summed E-state index contributed by atoms with van der Waals surface area (Å²) in [6, 6.07) is 7.49. The highest BCUT2D eigenvalue weighted by Crippen LogP contribution is 2.47. The Kier molecular flexibility index (Phi) is 5.63. The molecular formula is C23H25N5O3. The predicted octanol–water partition coefficient (Wildman–Crippen LogP) is 2.92. The van der Waals surface area contributed by atoms with Gasteiger partial charge in [-0.1, -0.05) is 18.1 Å². The fourth-order valence-corrected chi connectivity index (χ4v) is 3.64. The zero-order valence-electron chi connectivity index (χ0n) is 17.9. The monoisotopic (exact) mass is 419 g/mol. The van der Waals surface area contributed by atoms with Crippen LogP contribution in [0.25, 0.3) is 11.0 Å². The Morgan fingerprint density at radius 1 is 1.23 bits per heavy atom. The van der Waals surface area contributed by atoms with Crippen LogP contribution in [-0.4, -0.2) is 41.3 Å². The van der Waals surface area contributed by atoms with Crippen LogP contribution >= 0.6 is 0 Å². The van der Waals surface area contributed by atoms with E-state index in [1.807, 2.05) is 28.8 Å². The number of amides is 1. The van der Waals surface area contributed by atoms with E-state index in [1.165, 1.54) is 6.33 Å². The van der Waals surface area contributed by atoms with Crippen LogP contribution in [0.2, 0.25) is 0 Å². The number of nitrogens with zero attached hydrogens (tertiary/aromatic N) is 3. The first-order valence-corrected chi connectivity index (χ1v) is 10.0. The summed E-state index contributed by atoms with van der Waals surface area (Å²) in [5, 5.41) is 3.48. The summed E-state index contributed by atoms with van der Waals surface area (Å²) in [7, 11) is 3.22. The summed E-state index contributed by atoms with van der Waals surface area (Å²) in [4.78, 5) is 22.0. The molecule has 8 heteroatoms. The Bertz CT molecular complexity index is 1180. The van der Waals surface area contributed by atoms with Crippen LogP contribution in [0.3, 0.4) is 0 Å². The van der Waals surface area contributed by atoms with Crippen molar-refractivity contribution < 1.29 is 14.3 Å². The van der Waals surface area contributed by atoms with E-state index in [9.17, 15) is 4.79 Å². The number of hydrogen-bond acceptors (Lipinski definition) is 6. The first-order chi connectivity index (χ1) is 15.0. The SMILES string of the molecule is COCC#Cc1c(C(=O)Nc2ccc(COC)cc2)c2c(N)ncnc2n1C1(C)CC1. The maximum Gasteiger partial charge on any atom is 0.259 e. The fourth-order valence-electron chi connectivity index (χ4n) is 3.64. The second kappa shape index (κ2) is 8.38. The summed E-state index contributed by atoms with van der Waals surface area (Å²) in [5.74, 6) is 6.05. The van der Waals surface area contributed by atoms with Gasteiger partial charge in [0.1, 0.15) is 30.1 Å². The quantitative estimate of drug-likeness (QED) is 0.596. The third kappa shape index (κ3) is 3.98. The minimum absolute atomic E-state index is 0.156. The van der Waals surface area contributed by atoms with Crippen molar-refractivity contribution in [2.24, 2.45) is 0 Å². The van der Waals surface area contributed by atoms with Gasteiger partial charge in [-0.25, -0.2) is 9.97 Å². The fraction of sp³-hybridized carbons (Fsp3) is 0.348. The maximum absolute atomic E-state index is 13.4. The third-order valence-corrected chi connectivity index (χ3v) is 5.47. The molecule has 1 aliphatic carbocycles. The van der Waals surface area contributed by atoms with Crippen molar-refractivity contribution in [3.63, 3.8) is 0 Å². The molecule has 1 aromatic carbocycles. The molecule has 1 aliphatic rings. The van der Waals surface area contributed by atoms with Crippen LogP contribution in [0.1, 0.15) is 41.4 Å². The van der Waals surface area contributed by atoms with E-state index in [0.717, 1.165) is 18.4 Å². The molecule has 2 heterocycles. The number of nitrogens with two attached hydrogens (primary N) is 1. The van der Waals surface area contributed by atoms with Crippen molar-refractivity contribution >= 4 is 28.4 Å². The van der Waals surface area contributed by atoms with Crippen LogP contribution in [0.4, 0.5) is 11.5 Å². The third-order valence-electron chi connectivity index (χ3n) is 5.47. The van der Waals surface area contributed by atoms with Crippen molar-refractivity contribution in [1.29, 1.82) is 0 Å². The molecule has 0 bridgehead atoms. The number of ether oxygens (including phenoxy) is 2. The van der Waals surface area contributed by atoms with Crippen LogP contribution in [0.5, 0.6) is 0 Å². The summed E-state index contributed by atoms with van der Waals surface area (Å²) in [6.07, 6.45) is 3.37. The number of carbonyl (C=O) groups excluding carboxylic acids is 1. The number of hydrogen-bond donors (Lipinski definition) is 2. The average molecular weight is 419 g/mol. The number of aromatic nitrogens is 3. The summed E-state index contributed by atoms with van der Waals surface area (Å²) < 4.78 is 12.2. The molecule has 1 amide bonds. The molecule has 0 aliphatic heterocycles. The smallest absolute Gasteiger partial charge is 0.259 e. The molecule has 1 saturated carbocycles. The highest BCUT2D eigenvalue weighted by molar-refractivity contribution is 6.16. The number of carbonyl (C=O) groups is 1. The number of nitrogen functional groups attached to an aromatic ring is 1. The Morgan fingerprint density at radius 2 is 1.97 bits per heavy atom. The number of methoxy groups -OCH3 is 2. The summed E-state index contributed by atoms with van der Waals surface area (Å²) >= 11 is 0. The predicted molar refractivity (Wildman–Crippen MR) is 119 cm³/mol. The molecule has 1 fully saturated rings. The van der Waals surface area contributed by atoms with Crippen molar-refractivity contribution in [2.45, 2.75) is 31.9 Å².